The highest BCUT2D eigenvalue weighted by atomic mass is 16.8. The predicted molar refractivity (Wildman–Crippen MR) is 62.7 cm³/mol. The first-order chi connectivity index (χ1) is 7.74. The van der Waals surface area contributed by atoms with Crippen LogP contribution in [0.1, 0.15) is 19.4 Å². The Bertz CT molecular complexity index is 398. The van der Waals surface area contributed by atoms with Gasteiger partial charge in [0.1, 0.15) is 6.10 Å². The number of rotatable bonds is 4. The molecule has 0 amide bonds. The SMILES string of the molecule is C/C=C\c1ccc(OC2OC2C)c(OC)c1. The second kappa shape index (κ2) is 4.58. The molecular weight excluding hydrogens is 204 g/mol. The molecule has 86 valence electrons. The quantitative estimate of drug-likeness (QED) is 0.731. The van der Waals surface area contributed by atoms with Gasteiger partial charge >= 0.3 is 0 Å². The Balaban J connectivity index is 2.17. The minimum absolute atomic E-state index is 0.124. The number of benzene rings is 1. The van der Waals surface area contributed by atoms with Crippen molar-refractivity contribution < 1.29 is 14.2 Å². The first kappa shape index (κ1) is 11.0. The summed E-state index contributed by atoms with van der Waals surface area (Å²) in [5.41, 5.74) is 1.09. The molecule has 3 nitrogen and oxygen atoms in total. The molecule has 1 aromatic rings. The van der Waals surface area contributed by atoms with Crippen molar-refractivity contribution in [1.82, 2.24) is 0 Å². The van der Waals surface area contributed by atoms with Gasteiger partial charge in [-0.15, -0.1) is 0 Å². The summed E-state index contributed by atoms with van der Waals surface area (Å²) in [6, 6.07) is 5.84. The molecule has 2 atom stereocenters. The number of ether oxygens (including phenoxy) is 3. The van der Waals surface area contributed by atoms with Gasteiger partial charge in [-0.05, 0) is 31.5 Å². The molecular formula is C13H16O3. The van der Waals surface area contributed by atoms with E-state index in [1.165, 1.54) is 0 Å². The van der Waals surface area contributed by atoms with Gasteiger partial charge in [-0.2, -0.15) is 0 Å². The number of hydrogen-bond donors (Lipinski definition) is 0. The van der Waals surface area contributed by atoms with E-state index in [-0.39, 0.29) is 12.4 Å². The molecule has 1 aliphatic rings. The Morgan fingerprint density at radius 2 is 2.06 bits per heavy atom. The summed E-state index contributed by atoms with van der Waals surface area (Å²) in [6.45, 7) is 3.96. The van der Waals surface area contributed by atoms with Crippen molar-refractivity contribution in [3.63, 3.8) is 0 Å². The lowest BCUT2D eigenvalue weighted by Gasteiger charge is -2.09. The molecule has 1 aromatic carbocycles. The summed E-state index contributed by atoms with van der Waals surface area (Å²) in [4.78, 5) is 0. The van der Waals surface area contributed by atoms with E-state index >= 15 is 0 Å². The predicted octanol–water partition coefficient (Wildman–Crippen LogP) is 2.85. The van der Waals surface area contributed by atoms with Crippen molar-refractivity contribution in [2.75, 3.05) is 7.11 Å². The molecule has 0 aliphatic carbocycles. The summed E-state index contributed by atoms with van der Waals surface area (Å²) in [6.07, 6.45) is 4.06. The molecule has 16 heavy (non-hydrogen) atoms. The lowest BCUT2D eigenvalue weighted by Crippen LogP contribution is -2.02. The van der Waals surface area contributed by atoms with Crippen LogP contribution in [0.4, 0.5) is 0 Å². The molecule has 0 saturated carbocycles. The van der Waals surface area contributed by atoms with Crippen LogP contribution in [0, 0.1) is 0 Å². The van der Waals surface area contributed by atoms with Crippen LogP contribution < -0.4 is 9.47 Å². The minimum Gasteiger partial charge on any atom is -0.493 e. The van der Waals surface area contributed by atoms with E-state index in [9.17, 15) is 0 Å². The zero-order valence-electron chi connectivity index (χ0n) is 9.77. The lowest BCUT2D eigenvalue weighted by molar-refractivity contribution is 0.172. The van der Waals surface area contributed by atoms with Gasteiger partial charge in [-0.1, -0.05) is 18.2 Å². The fraction of sp³-hybridized carbons (Fsp3) is 0.385. The van der Waals surface area contributed by atoms with Gasteiger partial charge < -0.3 is 14.2 Å². The molecule has 3 heteroatoms. The van der Waals surface area contributed by atoms with Gasteiger partial charge in [0.15, 0.2) is 11.5 Å². The van der Waals surface area contributed by atoms with Gasteiger partial charge in [0, 0.05) is 0 Å². The molecule has 0 aromatic heterocycles. The zero-order chi connectivity index (χ0) is 11.5. The van der Waals surface area contributed by atoms with Crippen molar-refractivity contribution in [3.8, 4) is 11.5 Å². The van der Waals surface area contributed by atoms with Gasteiger partial charge in [-0.3, -0.25) is 0 Å². The third-order valence-corrected chi connectivity index (χ3v) is 2.45. The molecule has 2 unspecified atom stereocenters. The lowest BCUT2D eigenvalue weighted by atomic mass is 10.2. The molecule has 1 fully saturated rings. The summed E-state index contributed by atoms with van der Waals surface area (Å²) in [7, 11) is 1.64. The smallest absolute Gasteiger partial charge is 0.226 e. The Morgan fingerprint density at radius 3 is 2.62 bits per heavy atom. The van der Waals surface area contributed by atoms with Crippen LogP contribution in [0.2, 0.25) is 0 Å². The summed E-state index contributed by atoms with van der Waals surface area (Å²) < 4.78 is 16.1. The average Bonchev–Trinajstić information content (AvgIpc) is 2.97. The first-order valence-corrected chi connectivity index (χ1v) is 5.37. The molecule has 1 heterocycles. The van der Waals surface area contributed by atoms with Crippen LogP contribution in [0.15, 0.2) is 24.3 Å². The zero-order valence-corrected chi connectivity index (χ0v) is 9.77. The Hall–Kier alpha value is -1.48. The van der Waals surface area contributed by atoms with E-state index in [1.54, 1.807) is 7.11 Å². The van der Waals surface area contributed by atoms with Gasteiger partial charge in [0.05, 0.1) is 7.11 Å². The van der Waals surface area contributed by atoms with Gasteiger partial charge in [0.2, 0.25) is 6.29 Å². The van der Waals surface area contributed by atoms with Gasteiger partial charge in [-0.25, -0.2) is 0 Å². The number of hydrogen-bond acceptors (Lipinski definition) is 3. The van der Waals surface area contributed by atoms with Crippen LogP contribution in [0.25, 0.3) is 6.08 Å². The summed E-state index contributed by atoms with van der Waals surface area (Å²) >= 11 is 0. The minimum atomic E-state index is -0.124. The Kier molecular flexibility index (Phi) is 3.15. The largest absolute Gasteiger partial charge is 0.493 e. The normalized spacial score (nSPS) is 23.4. The average molecular weight is 220 g/mol. The second-order valence-electron chi connectivity index (χ2n) is 3.74. The van der Waals surface area contributed by atoms with E-state index < -0.39 is 0 Å². The van der Waals surface area contributed by atoms with Crippen LogP contribution in [-0.2, 0) is 4.74 Å². The van der Waals surface area contributed by atoms with E-state index in [0.29, 0.717) is 0 Å². The number of methoxy groups -OCH3 is 1. The van der Waals surface area contributed by atoms with Crippen LogP contribution >= 0.6 is 0 Å². The van der Waals surface area contributed by atoms with Crippen molar-refractivity contribution in [2.45, 2.75) is 26.2 Å². The van der Waals surface area contributed by atoms with Crippen molar-refractivity contribution in [2.24, 2.45) is 0 Å². The topological polar surface area (TPSA) is 31.0 Å². The maximum Gasteiger partial charge on any atom is 0.226 e. The maximum absolute atomic E-state index is 5.62. The van der Waals surface area contributed by atoms with Crippen molar-refractivity contribution in [3.05, 3.63) is 29.8 Å². The third-order valence-electron chi connectivity index (χ3n) is 2.45. The standard InChI is InChI=1S/C13H16O3/c1-4-5-10-6-7-11(12(8-10)14-3)16-13-9(2)15-13/h4-9,13H,1-3H3/b5-4-. The second-order valence-corrected chi connectivity index (χ2v) is 3.74. The molecule has 0 N–H and O–H groups in total. The van der Waals surface area contributed by atoms with E-state index in [4.69, 9.17) is 14.2 Å². The van der Waals surface area contributed by atoms with Crippen LogP contribution in [0.5, 0.6) is 11.5 Å². The summed E-state index contributed by atoms with van der Waals surface area (Å²) in [5, 5.41) is 0. The number of allylic oxidation sites excluding steroid dienone is 1. The van der Waals surface area contributed by atoms with E-state index in [0.717, 1.165) is 17.1 Å². The molecule has 0 bridgehead atoms. The molecule has 0 spiro atoms. The maximum atomic E-state index is 5.62. The highest BCUT2D eigenvalue weighted by Gasteiger charge is 2.37. The fourth-order valence-corrected chi connectivity index (χ4v) is 1.49. The Labute approximate surface area is 95.6 Å². The molecule has 0 radical (unpaired) electrons. The molecule has 1 aliphatic heterocycles. The van der Waals surface area contributed by atoms with Crippen LogP contribution in [0.3, 0.4) is 0 Å². The van der Waals surface area contributed by atoms with E-state index in [2.05, 4.69) is 0 Å². The molecule has 2 rings (SSSR count). The molecule has 1 saturated heterocycles. The van der Waals surface area contributed by atoms with Gasteiger partial charge in [0.25, 0.3) is 0 Å². The van der Waals surface area contributed by atoms with Crippen molar-refractivity contribution >= 4 is 6.08 Å². The first-order valence-electron chi connectivity index (χ1n) is 5.37. The number of epoxide rings is 1. The third kappa shape index (κ3) is 2.36. The summed E-state index contributed by atoms with van der Waals surface area (Å²) in [5.74, 6) is 1.46. The highest BCUT2D eigenvalue weighted by molar-refractivity contribution is 5.55. The van der Waals surface area contributed by atoms with Crippen molar-refractivity contribution in [1.29, 1.82) is 0 Å². The Morgan fingerprint density at radius 1 is 1.31 bits per heavy atom. The monoisotopic (exact) mass is 220 g/mol. The van der Waals surface area contributed by atoms with Crippen LogP contribution in [-0.4, -0.2) is 19.5 Å². The highest BCUT2D eigenvalue weighted by Crippen LogP contribution is 2.33. The fourth-order valence-electron chi connectivity index (χ4n) is 1.49. The van der Waals surface area contributed by atoms with E-state index in [1.807, 2.05) is 44.2 Å².